The van der Waals surface area contributed by atoms with Crippen molar-refractivity contribution in [2.45, 2.75) is 18.9 Å². The van der Waals surface area contributed by atoms with Crippen LogP contribution in [0.5, 0.6) is 0 Å². The third-order valence-electron chi connectivity index (χ3n) is 2.38. The first-order valence-electron chi connectivity index (χ1n) is 4.51. The fraction of sp³-hybridized carbons (Fsp3) is 0.500. The average molecular weight is 211 g/mol. The number of aromatic nitrogens is 2. The minimum atomic E-state index is -0.989. The first-order chi connectivity index (χ1) is 7.20. The quantitative estimate of drug-likeness (QED) is 0.725. The van der Waals surface area contributed by atoms with Gasteiger partial charge in [-0.1, -0.05) is 5.16 Å². The summed E-state index contributed by atoms with van der Waals surface area (Å²) in [5, 5.41) is 15.6. The summed E-state index contributed by atoms with van der Waals surface area (Å²) in [4.78, 5) is 23.8. The minimum absolute atomic E-state index is 0.0446. The summed E-state index contributed by atoms with van der Waals surface area (Å²) in [6.45, 7) is 0.433. The van der Waals surface area contributed by atoms with Crippen LogP contribution in [0.3, 0.4) is 0 Å². The second kappa shape index (κ2) is 3.68. The van der Waals surface area contributed by atoms with Crippen molar-refractivity contribution in [1.29, 1.82) is 0 Å². The van der Waals surface area contributed by atoms with Crippen molar-refractivity contribution in [3.8, 4) is 0 Å². The molecule has 1 N–H and O–H groups in total. The predicted molar refractivity (Wildman–Crippen MR) is 46.0 cm³/mol. The highest BCUT2D eigenvalue weighted by molar-refractivity contribution is 5.94. The predicted octanol–water partition coefficient (Wildman–Crippen LogP) is -0.241. The monoisotopic (exact) mass is 211 g/mol. The van der Waals surface area contributed by atoms with E-state index < -0.39 is 17.9 Å². The van der Waals surface area contributed by atoms with Crippen molar-refractivity contribution >= 4 is 11.9 Å². The third-order valence-corrected chi connectivity index (χ3v) is 2.38. The van der Waals surface area contributed by atoms with E-state index in [0.717, 1.165) is 0 Å². The maximum atomic E-state index is 11.7. The molecule has 0 spiro atoms. The van der Waals surface area contributed by atoms with Crippen molar-refractivity contribution in [2.75, 3.05) is 6.54 Å². The van der Waals surface area contributed by atoms with E-state index in [9.17, 15) is 9.59 Å². The van der Waals surface area contributed by atoms with Crippen LogP contribution in [0, 0.1) is 0 Å². The molecule has 1 aliphatic heterocycles. The Morgan fingerprint density at radius 1 is 1.60 bits per heavy atom. The van der Waals surface area contributed by atoms with Crippen molar-refractivity contribution in [2.24, 2.45) is 0 Å². The maximum Gasteiger partial charge on any atom is 0.326 e. The first-order valence-corrected chi connectivity index (χ1v) is 4.51. The van der Waals surface area contributed by atoms with Crippen molar-refractivity contribution in [3.05, 3.63) is 11.9 Å². The molecule has 2 heterocycles. The lowest BCUT2D eigenvalue weighted by atomic mass is 10.2. The third kappa shape index (κ3) is 1.67. The average Bonchev–Trinajstić information content (AvgIpc) is 2.88. The van der Waals surface area contributed by atoms with Gasteiger partial charge in [0, 0.05) is 6.54 Å². The molecule has 1 aromatic rings. The summed E-state index contributed by atoms with van der Waals surface area (Å²) in [6, 6.07) is -0.755. The smallest absolute Gasteiger partial charge is 0.326 e. The summed E-state index contributed by atoms with van der Waals surface area (Å²) in [5.74, 6) is -1.43. The van der Waals surface area contributed by atoms with E-state index >= 15 is 0 Å². The van der Waals surface area contributed by atoms with Gasteiger partial charge in [-0.2, -0.15) is 0 Å². The molecule has 0 aromatic carbocycles. The molecular weight excluding hydrogens is 202 g/mol. The van der Waals surface area contributed by atoms with Crippen LogP contribution in [0.2, 0.25) is 0 Å². The normalized spacial score (nSPS) is 20.5. The number of aliphatic carboxylic acids is 1. The number of hydrogen-bond donors (Lipinski definition) is 1. The number of carboxylic acid groups (broad SMARTS) is 1. The molecule has 1 aliphatic rings. The van der Waals surface area contributed by atoms with Gasteiger partial charge in [0.2, 0.25) is 0 Å². The van der Waals surface area contributed by atoms with Crippen LogP contribution in [0.25, 0.3) is 0 Å². The van der Waals surface area contributed by atoms with E-state index in [4.69, 9.17) is 5.11 Å². The molecule has 1 aromatic heterocycles. The topological polar surface area (TPSA) is 96.5 Å². The lowest BCUT2D eigenvalue weighted by molar-refractivity contribution is -0.141. The van der Waals surface area contributed by atoms with Gasteiger partial charge in [-0.05, 0) is 18.0 Å². The number of carboxylic acids is 1. The Balaban J connectivity index is 2.17. The number of carbonyl (C=O) groups is 2. The molecule has 7 nitrogen and oxygen atoms in total. The Morgan fingerprint density at radius 2 is 2.40 bits per heavy atom. The van der Waals surface area contributed by atoms with E-state index in [1.165, 1.54) is 11.1 Å². The number of amides is 1. The van der Waals surface area contributed by atoms with Crippen LogP contribution >= 0.6 is 0 Å². The molecular formula is C8H9N3O4. The van der Waals surface area contributed by atoms with Crippen molar-refractivity contribution in [3.63, 3.8) is 0 Å². The van der Waals surface area contributed by atoms with Crippen LogP contribution in [0.4, 0.5) is 0 Å². The van der Waals surface area contributed by atoms with Gasteiger partial charge in [-0.25, -0.2) is 9.42 Å². The summed E-state index contributed by atoms with van der Waals surface area (Å²) in [6.07, 6.45) is 2.35. The van der Waals surface area contributed by atoms with Crippen molar-refractivity contribution < 1.29 is 19.3 Å². The Hall–Kier alpha value is -1.92. The number of hydrogen-bond acceptors (Lipinski definition) is 5. The van der Waals surface area contributed by atoms with Gasteiger partial charge in [-0.3, -0.25) is 4.79 Å². The SMILES string of the molecule is O=C(O)[C@@H]1CCCN1C(=O)c1cnon1. The van der Waals surface area contributed by atoms with Crippen LogP contribution in [0.1, 0.15) is 23.3 Å². The molecule has 7 heteroatoms. The molecule has 0 bridgehead atoms. The maximum absolute atomic E-state index is 11.7. The summed E-state index contributed by atoms with van der Waals surface area (Å²) in [5.41, 5.74) is 0.0446. The summed E-state index contributed by atoms with van der Waals surface area (Å²) >= 11 is 0. The fourth-order valence-corrected chi connectivity index (χ4v) is 1.67. The van der Waals surface area contributed by atoms with Crippen molar-refractivity contribution in [1.82, 2.24) is 15.2 Å². The summed E-state index contributed by atoms with van der Waals surface area (Å²) < 4.78 is 4.30. The van der Waals surface area contributed by atoms with Crippen LogP contribution < -0.4 is 0 Å². The standard InChI is InChI=1S/C8H9N3O4/c12-7(5-4-9-15-10-5)11-3-1-2-6(11)8(13)14/h4,6H,1-3H2,(H,13,14)/t6-/m0/s1. The van der Waals surface area contributed by atoms with E-state index in [2.05, 4.69) is 14.9 Å². The molecule has 1 atom stereocenters. The van der Waals surface area contributed by atoms with Gasteiger partial charge >= 0.3 is 5.97 Å². The minimum Gasteiger partial charge on any atom is -0.480 e. The van der Waals surface area contributed by atoms with E-state index in [1.807, 2.05) is 0 Å². The molecule has 0 unspecified atom stereocenters. The fourth-order valence-electron chi connectivity index (χ4n) is 1.67. The molecule has 80 valence electrons. The molecule has 0 aliphatic carbocycles. The lowest BCUT2D eigenvalue weighted by Crippen LogP contribution is -2.40. The summed E-state index contributed by atoms with van der Waals surface area (Å²) in [7, 11) is 0. The molecule has 0 saturated carbocycles. The number of rotatable bonds is 2. The molecule has 2 rings (SSSR count). The second-order valence-corrected chi connectivity index (χ2v) is 3.29. The van der Waals surface area contributed by atoms with Gasteiger partial charge in [0.05, 0.1) is 0 Å². The number of carbonyl (C=O) groups excluding carboxylic acids is 1. The Labute approximate surface area is 84.6 Å². The largest absolute Gasteiger partial charge is 0.480 e. The molecule has 15 heavy (non-hydrogen) atoms. The van der Waals surface area contributed by atoms with E-state index in [0.29, 0.717) is 19.4 Å². The van der Waals surface area contributed by atoms with Gasteiger partial charge in [0.25, 0.3) is 5.91 Å². The number of nitrogens with zero attached hydrogens (tertiary/aromatic N) is 3. The zero-order valence-electron chi connectivity index (χ0n) is 7.79. The Kier molecular flexibility index (Phi) is 2.36. The highest BCUT2D eigenvalue weighted by Crippen LogP contribution is 2.19. The highest BCUT2D eigenvalue weighted by atomic mass is 16.6. The van der Waals surface area contributed by atoms with Gasteiger partial charge in [0.15, 0.2) is 5.69 Å². The first kappa shape index (κ1) is 9.63. The zero-order chi connectivity index (χ0) is 10.8. The van der Waals surface area contributed by atoms with Crippen LogP contribution in [-0.2, 0) is 4.79 Å². The lowest BCUT2D eigenvalue weighted by Gasteiger charge is -2.19. The molecule has 1 amide bonds. The number of likely N-dealkylation sites (tertiary alicyclic amines) is 1. The Bertz CT molecular complexity index is 375. The highest BCUT2D eigenvalue weighted by Gasteiger charge is 2.35. The second-order valence-electron chi connectivity index (χ2n) is 3.29. The van der Waals surface area contributed by atoms with E-state index in [1.54, 1.807) is 0 Å². The molecule has 0 radical (unpaired) electrons. The van der Waals surface area contributed by atoms with E-state index in [-0.39, 0.29) is 5.69 Å². The van der Waals surface area contributed by atoms with Gasteiger partial charge in [-0.15, -0.1) is 0 Å². The Morgan fingerprint density at radius 3 is 3.00 bits per heavy atom. The van der Waals surface area contributed by atoms with Gasteiger partial charge < -0.3 is 10.0 Å². The zero-order valence-corrected chi connectivity index (χ0v) is 7.79. The van der Waals surface area contributed by atoms with Crippen LogP contribution in [0.15, 0.2) is 10.8 Å². The molecule has 1 saturated heterocycles. The van der Waals surface area contributed by atoms with Gasteiger partial charge in [0.1, 0.15) is 12.2 Å². The van der Waals surface area contributed by atoms with Crippen LogP contribution in [-0.4, -0.2) is 44.8 Å². The molecule has 1 fully saturated rings.